The highest BCUT2D eigenvalue weighted by molar-refractivity contribution is 7.52. The van der Waals surface area contributed by atoms with E-state index in [0.717, 1.165) is 0 Å². The predicted octanol–water partition coefficient (Wildman–Crippen LogP) is 4.42. The van der Waals surface area contributed by atoms with E-state index >= 15 is 0 Å². The number of benzene rings is 1. The number of aromatic nitrogens is 1. The molecule has 2 rings (SSSR count). The third-order valence-electron chi connectivity index (χ3n) is 3.45. The maximum absolute atomic E-state index is 13.0. The van der Waals surface area contributed by atoms with Gasteiger partial charge in [0.05, 0.1) is 17.1 Å². The second-order valence-corrected chi connectivity index (χ2v) is 8.52. The van der Waals surface area contributed by atoms with Crippen LogP contribution in [0.4, 0.5) is 5.69 Å². The van der Waals surface area contributed by atoms with Crippen molar-refractivity contribution in [3.8, 4) is 11.1 Å². The molecule has 0 atom stereocenters. The SMILES string of the molecule is CC(C)OP(=O)(Cn1ccc(-c2cccc([N+](=O)[O-])c2)cc1=O)OC(C)C. The zero-order valence-corrected chi connectivity index (χ0v) is 16.6. The van der Waals surface area contributed by atoms with Crippen LogP contribution in [-0.4, -0.2) is 21.7 Å². The predicted molar refractivity (Wildman–Crippen MR) is 103 cm³/mol. The van der Waals surface area contributed by atoms with Gasteiger partial charge in [-0.1, -0.05) is 12.1 Å². The molecule has 146 valence electrons. The molecule has 1 aromatic carbocycles. The molecule has 1 heterocycles. The molecule has 2 aromatic rings. The van der Waals surface area contributed by atoms with Crippen LogP contribution in [0.3, 0.4) is 0 Å². The Balaban J connectivity index is 2.33. The molecular weight excluding hydrogens is 371 g/mol. The van der Waals surface area contributed by atoms with Crippen LogP contribution in [0.15, 0.2) is 47.4 Å². The molecule has 0 aliphatic heterocycles. The van der Waals surface area contributed by atoms with Crippen molar-refractivity contribution in [1.82, 2.24) is 4.57 Å². The Kier molecular flexibility index (Phi) is 6.70. The van der Waals surface area contributed by atoms with Crippen molar-refractivity contribution < 1.29 is 18.5 Å². The van der Waals surface area contributed by atoms with Crippen LogP contribution in [0.25, 0.3) is 11.1 Å². The van der Waals surface area contributed by atoms with Crippen molar-refractivity contribution in [2.24, 2.45) is 0 Å². The number of nitrogens with zero attached hydrogens (tertiary/aromatic N) is 2. The van der Waals surface area contributed by atoms with Gasteiger partial charge in [-0.2, -0.15) is 0 Å². The fourth-order valence-corrected chi connectivity index (χ4v) is 4.60. The van der Waals surface area contributed by atoms with E-state index in [9.17, 15) is 19.5 Å². The third-order valence-corrected chi connectivity index (χ3v) is 5.59. The van der Waals surface area contributed by atoms with Crippen LogP contribution in [0.1, 0.15) is 27.7 Å². The lowest BCUT2D eigenvalue weighted by atomic mass is 10.1. The van der Waals surface area contributed by atoms with Crippen molar-refractivity contribution in [3.63, 3.8) is 0 Å². The second kappa shape index (κ2) is 8.61. The molecule has 0 aliphatic rings. The summed E-state index contributed by atoms with van der Waals surface area (Å²) in [6.07, 6.45) is 0.623. The fraction of sp³-hybridized carbons (Fsp3) is 0.389. The maximum Gasteiger partial charge on any atom is 0.350 e. The first-order chi connectivity index (χ1) is 12.6. The number of nitro groups is 1. The van der Waals surface area contributed by atoms with Crippen LogP contribution in [-0.2, 0) is 19.9 Å². The molecule has 0 unspecified atom stereocenters. The van der Waals surface area contributed by atoms with Gasteiger partial charge in [-0.05, 0) is 44.9 Å². The zero-order chi connectivity index (χ0) is 20.2. The van der Waals surface area contributed by atoms with Crippen LogP contribution >= 0.6 is 7.60 Å². The minimum absolute atomic E-state index is 0.0585. The first-order valence-corrected chi connectivity index (χ1v) is 10.2. The van der Waals surface area contributed by atoms with Crippen molar-refractivity contribution >= 4 is 13.3 Å². The van der Waals surface area contributed by atoms with E-state index in [0.29, 0.717) is 11.1 Å². The zero-order valence-electron chi connectivity index (χ0n) is 15.7. The van der Waals surface area contributed by atoms with Gasteiger partial charge in [0.2, 0.25) is 0 Å². The molecule has 0 bridgehead atoms. The smallest absolute Gasteiger partial charge is 0.305 e. The summed E-state index contributed by atoms with van der Waals surface area (Å²) in [6.45, 7) is 6.96. The summed E-state index contributed by atoms with van der Waals surface area (Å²) in [4.78, 5) is 22.9. The Morgan fingerprint density at radius 1 is 1.07 bits per heavy atom. The standard InChI is InChI=1S/C18H23N2O6P/c1-13(2)25-27(24,26-14(3)4)12-19-9-8-16(11-18(19)21)15-6-5-7-17(10-15)20(22)23/h5-11,13-14H,12H2,1-4H3. The number of nitro benzene ring substituents is 1. The molecule has 9 heteroatoms. The van der Waals surface area contributed by atoms with Gasteiger partial charge >= 0.3 is 7.60 Å². The maximum atomic E-state index is 13.0. The average molecular weight is 394 g/mol. The summed E-state index contributed by atoms with van der Waals surface area (Å²) < 4.78 is 25.1. The molecule has 0 saturated carbocycles. The molecule has 8 nitrogen and oxygen atoms in total. The normalized spacial score (nSPS) is 11.9. The first kappa shape index (κ1) is 21.0. The van der Waals surface area contributed by atoms with Crippen molar-refractivity contribution in [2.75, 3.05) is 0 Å². The molecule has 0 saturated heterocycles. The number of pyridine rings is 1. The topological polar surface area (TPSA) is 101 Å². The van der Waals surface area contributed by atoms with Gasteiger partial charge in [0.25, 0.3) is 11.2 Å². The molecule has 0 amide bonds. The fourth-order valence-electron chi connectivity index (χ4n) is 2.52. The Morgan fingerprint density at radius 2 is 1.67 bits per heavy atom. The third kappa shape index (κ3) is 5.85. The highest BCUT2D eigenvalue weighted by Gasteiger charge is 2.28. The van der Waals surface area contributed by atoms with E-state index in [1.165, 1.54) is 29.0 Å². The quantitative estimate of drug-likeness (QED) is 0.373. The van der Waals surface area contributed by atoms with E-state index in [1.54, 1.807) is 45.9 Å². The molecule has 27 heavy (non-hydrogen) atoms. The van der Waals surface area contributed by atoms with Crippen LogP contribution in [0, 0.1) is 10.1 Å². The van der Waals surface area contributed by atoms with Gasteiger partial charge in [-0.15, -0.1) is 0 Å². The second-order valence-electron chi connectivity index (χ2n) is 6.59. The van der Waals surface area contributed by atoms with Crippen molar-refractivity contribution in [1.29, 1.82) is 0 Å². The molecule has 0 fully saturated rings. The van der Waals surface area contributed by atoms with Crippen LogP contribution in [0.2, 0.25) is 0 Å². The number of rotatable bonds is 8. The Bertz CT molecular complexity index is 908. The van der Waals surface area contributed by atoms with Crippen LogP contribution < -0.4 is 5.56 Å². The number of hydrogen-bond acceptors (Lipinski definition) is 6. The largest absolute Gasteiger partial charge is 0.350 e. The lowest BCUT2D eigenvalue weighted by molar-refractivity contribution is -0.384. The first-order valence-electron chi connectivity index (χ1n) is 8.51. The molecule has 0 radical (unpaired) electrons. The summed E-state index contributed by atoms with van der Waals surface area (Å²) >= 11 is 0. The van der Waals surface area contributed by atoms with E-state index in [1.807, 2.05) is 0 Å². The molecular formula is C18H23N2O6P. The van der Waals surface area contributed by atoms with E-state index < -0.39 is 18.1 Å². The van der Waals surface area contributed by atoms with Gasteiger partial charge in [0, 0.05) is 24.4 Å². The van der Waals surface area contributed by atoms with Crippen LogP contribution in [0.5, 0.6) is 0 Å². The molecule has 0 spiro atoms. The molecule has 1 aromatic heterocycles. The summed E-state index contributed by atoms with van der Waals surface area (Å²) in [6, 6.07) is 8.99. The van der Waals surface area contributed by atoms with Gasteiger partial charge in [-0.3, -0.25) is 19.5 Å². The van der Waals surface area contributed by atoms with Gasteiger partial charge in [-0.25, -0.2) is 0 Å². The summed E-state index contributed by atoms with van der Waals surface area (Å²) in [5, 5.41) is 10.9. The van der Waals surface area contributed by atoms with Crippen molar-refractivity contribution in [3.05, 3.63) is 63.1 Å². The average Bonchev–Trinajstić information content (AvgIpc) is 2.55. The summed E-state index contributed by atoms with van der Waals surface area (Å²) in [5.74, 6) is 0. The summed E-state index contributed by atoms with van der Waals surface area (Å²) in [5.41, 5.74) is 0.619. The van der Waals surface area contributed by atoms with Gasteiger partial charge < -0.3 is 13.6 Å². The number of non-ortho nitro benzene ring substituents is 1. The molecule has 0 aliphatic carbocycles. The Hall–Kier alpha value is -2.28. The highest BCUT2D eigenvalue weighted by Crippen LogP contribution is 2.51. The van der Waals surface area contributed by atoms with E-state index in [-0.39, 0.29) is 24.2 Å². The minimum Gasteiger partial charge on any atom is -0.305 e. The molecule has 0 N–H and O–H groups in total. The lowest BCUT2D eigenvalue weighted by Gasteiger charge is -2.23. The van der Waals surface area contributed by atoms with Gasteiger partial charge in [0.15, 0.2) is 0 Å². The van der Waals surface area contributed by atoms with Gasteiger partial charge in [0.1, 0.15) is 6.29 Å². The number of hydrogen-bond donors (Lipinski definition) is 0. The highest BCUT2D eigenvalue weighted by atomic mass is 31.2. The summed E-state index contributed by atoms with van der Waals surface area (Å²) in [7, 11) is -3.51. The monoisotopic (exact) mass is 394 g/mol. The minimum atomic E-state index is -3.51. The van der Waals surface area contributed by atoms with E-state index in [2.05, 4.69) is 0 Å². The lowest BCUT2D eigenvalue weighted by Crippen LogP contribution is -2.21. The van der Waals surface area contributed by atoms with E-state index in [4.69, 9.17) is 9.05 Å². The Morgan fingerprint density at radius 3 is 2.19 bits per heavy atom. The van der Waals surface area contributed by atoms with Crippen molar-refractivity contribution in [2.45, 2.75) is 46.2 Å². The Labute approximate surface area is 157 Å².